The van der Waals surface area contributed by atoms with E-state index in [9.17, 15) is 0 Å². The normalized spacial score (nSPS) is 11.8. The van der Waals surface area contributed by atoms with E-state index < -0.39 is 5.91 Å². The van der Waals surface area contributed by atoms with Crippen LogP contribution in [0.5, 0.6) is 0 Å². The number of nitrogens with two attached hydrogens (primary N) is 1. The molecule has 17 heavy (non-hydrogen) atoms. The molecule has 0 unspecified atom stereocenters. The highest BCUT2D eigenvalue weighted by Gasteiger charge is 2.33. The van der Waals surface area contributed by atoms with Crippen molar-refractivity contribution in [1.29, 1.82) is 0 Å². The van der Waals surface area contributed by atoms with Crippen LogP contribution in [-0.2, 0) is 5.91 Å². The third-order valence-electron chi connectivity index (χ3n) is 2.52. The fourth-order valence-corrected chi connectivity index (χ4v) is 1.71. The van der Waals surface area contributed by atoms with Crippen molar-refractivity contribution in [2.24, 2.45) is 5.73 Å². The fourth-order valence-electron chi connectivity index (χ4n) is 1.71. The third-order valence-corrected chi connectivity index (χ3v) is 2.52. The maximum Gasteiger partial charge on any atom is 0.308 e. The summed E-state index contributed by atoms with van der Waals surface area (Å²) in [6.45, 7) is 0. The van der Waals surface area contributed by atoms with Gasteiger partial charge in [-0.05, 0) is 18.2 Å². The van der Waals surface area contributed by atoms with Crippen LogP contribution in [0.2, 0.25) is 0 Å². The SMILES string of the molecule is NC(n1cccn1)(n1cccn1)n1cccn1. The average molecular weight is 229 g/mol. The van der Waals surface area contributed by atoms with Gasteiger partial charge in [0.15, 0.2) is 0 Å². The molecule has 0 atom stereocenters. The Morgan fingerprint density at radius 2 is 1.06 bits per heavy atom. The van der Waals surface area contributed by atoms with E-state index in [0.29, 0.717) is 0 Å². The molecule has 7 nitrogen and oxygen atoms in total. The Morgan fingerprint density at radius 1 is 0.706 bits per heavy atom. The summed E-state index contributed by atoms with van der Waals surface area (Å²) in [5.74, 6) is -1.11. The van der Waals surface area contributed by atoms with E-state index in [1.54, 1.807) is 69.4 Å². The van der Waals surface area contributed by atoms with E-state index in [-0.39, 0.29) is 0 Å². The first-order chi connectivity index (χ1) is 8.32. The lowest BCUT2D eigenvalue weighted by Gasteiger charge is -2.30. The Kier molecular flexibility index (Phi) is 2.05. The van der Waals surface area contributed by atoms with Crippen molar-refractivity contribution in [2.75, 3.05) is 0 Å². The monoisotopic (exact) mass is 229 g/mol. The number of aromatic nitrogens is 6. The third kappa shape index (κ3) is 1.36. The van der Waals surface area contributed by atoms with Crippen LogP contribution < -0.4 is 5.73 Å². The molecule has 3 aromatic rings. The van der Waals surface area contributed by atoms with Crippen LogP contribution in [0.4, 0.5) is 0 Å². The smallest absolute Gasteiger partial charge is 0.268 e. The summed E-state index contributed by atoms with van der Waals surface area (Å²) in [7, 11) is 0. The van der Waals surface area contributed by atoms with Gasteiger partial charge in [0.25, 0.3) is 0 Å². The molecule has 0 radical (unpaired) electrons. The van der Waals surface area contributed by atoms with E-state index in [4.69, 9.17) is 5.73 Å². The lowest BCUT2D eigenvalue weighted by molar-refractivity contribution is 0.125. The number of rotatable bonds is 3. The second-order valence-corrected chi connectivity index (χ2v) is 3.54. The molecule has 0 fully saturated rings. The van der Waals surface area contributed by atoms with Crippen LogP contribution in [0, 0.1) is 0 Å². The van der Waals surface area contributed by atoms with Crippen LogP contribution >= 0.6 is 0 Å². The van der Waals surface area contributed by atoms with Crippen LogP contribution in [0.15, 0.2) is 55.4 Å². The molecular formula is C10H11N7. The van der Waals surface area contributed by atoms with Gasteiger partial charge in [0.2, 0.25) is 0 Å². The van der Waals surface area contributed by atoms with Gasteiger partial charge in [0, 0.05) is 37.2 Å². The van der Waals surface area contributed by atoms with Gasteiger partial charge in [-0.2, -0.15) is 15.3 Å². The molecule has 0 aliphatic rings. The quantitative estimate of drug-likeness (QED) is 0.680. The van der Waals surface area contributed by atoms with Crippen molar-refractivity contribution in [1.82, 2.24) is 29.3 Å². The number of hydrogen-bond donors (Lipinski definition) is 1. The van der Waals surface area contributed by atoms with Gasteiger partial charge in [0.05, 0.1) is 0 Å². The molecule has 7 heteroatoms. The minimum atomic E-state index is -1.11. The summed E-state index contributed by atoms with van der Waals surface area (Å²) in [5, 5.41) is 12.5. The lowest BCUT2D eigenvalue weighted by Crippen LogP contribution is -2.56. The molecule has 0 amide bonds. The molecular weight excluding hydrogens is 218 g/mol. The highest BCUT2D eigenvalue weighted by Crippen LogP contribution is 2.12. The van der Waals surface area contributed by atoms with Crippen LogP contribution in [-0.4, -0.2) is 29.3 Å². The van der Waals surface area contributed by atoms with Crippen molar-refractivity contribution in [3.8, 4) is 0 Å². The van der Waals surface area contributed by atoms with Crippen LogP contribution in [0.25, 0.3) is 0 Å². The van der Waals surface area contributed by atoms with Crippen molar-refractivity contribution >= 4 is 0 Å². The van der Waals surface area contributed by atoms with Gasteiger partial charge in [-0.3, -0.25) is 5.73 Å². The fraction of sp³-hybridized carbons (Fsp3) is 0.100. The zero-order valence-electron chi connectivity index (χ0n) is 8.96. The average Bonchev–Trinajstić information content (AvgIpc) is 3.10. The van der Waals surface area contributed by atoms with E-state index in [1.807, 2.05) is 0 Å². The zero-order chi connectivity index (χ0) is 11.7. The highest BCUT2D eigenvalue weighted by atomic mass is 15.7. The Hall–Kier alpha value is -2.41. The molecule has 86 valence electrons. The molecule has 0 saturated heterocycles. The largest absolute Gasteiger partial charge is 0.308 e. The Balaban J connectivity index is 2.21. The second kappa shape index (κ2) is 3.56. The Labute approximate surface area is 97.1 Å². The standard InChI is InChI=1S/C10H11N7/c11-10(15-7-1-4-12-15,16-8-2-5-13-16)17-9-3-6-14-17/h1-9H,11H2. The Bertz CT molecular complexity index is 480. The Morgan fingerprint density at radius 3 is 1.29 bits per heavy atom. The molecule has 0 spiro atoms. The summed E-state index contributed by atoms with van der Waals surface area (Å²) in [5.41, 5.74) is 6.40. The second-order valence-electron chi connectivity index (χ2n) is 3.54. The van der Waals surface area contributed by atoms with Crippen molar-refractivity contribution in [2.45, 2.75) is 5.91 Å². The summed E-state index contributed by atoms with van der Waals surface area (Å²) >= 11 is 0. The summed E-state index contributed by atoms with van der Waals surface area (Å²) in [4.78, 5) is 0. The summed E-state index contributed by atoms with van der Waals surface area (Å²) in [6, 6.07) is 5.40. The minimum absolute atomic E-state index is 1.11. The molecule has 3 aromatic heterocycles. The molecule has 3 heterocycles. The predicted molar refractivity (Wildman–Crippen MR) is 59.6 cm³/mol. The van der Waals surface area contributed by atoms with Crippen LogP contribution in [0.3, 0.4) is 0 Å². The van der Waals surface area contributed by atoms with Crippen molar-refractivity contribution in [3.63, 3.8) is 0 Å². The number of hydrogen-bond acceptors (Lipinski definition) is 4. The zero-order valence-corrected chi connectivity index (χ0v) is 8.96. The molecule has 2 N–H and O–H groups in total. The molecule has 0 aliphatic carbocycles. The van der Waals surface area contributed by atoms with Gasteiger partial charge in [-0.1, -0.05) is 0 Å². The number of nitrogens with zero attached hydrogens (tertiary/aromatic N) is 6. The van der Waals surface area contributed by atoms with Gasteiger partial charge in [0.1, 0.15) is 0 Å². The summed E-state index contributed by atoms with van der Waals surface area (Å²) in [6.07, 6.45) is 10.3. The summed E-state index contributed by atoms with van der Waals surface area (Å²) < 4.78 is 4.77. The molecule has 3 rings (SSSR count). The van der Waals surface area contributed by atoms with Crippen molar-refractivity contribution < 1.29 is 0 Å². The minimum Gasteiger partial charge on any atom is -0.268 e. The first-order valence-electron chi connectivity index (χ1n) is 5.11. The molecule has 0 bridgehead atoms. The first kappa shape index (κ1) is 9.79. The molecule has 0 saturated carbocycles. The van der Waals surface area contributed by atoms with Gasteiger partial charge in [-0.15, -0.1) is 0 Å². The van der Waals surface area contributed by atoms with Crippen molar-refractivity contribution in [3.05, 3.63) is 55.4 Å². The van der Waals surface area contributed by atoms with E-state index in [0.717, 1.165) is 0 Å². The lowest BCUT2D eigenvalue weighted by atomic mass is 10.5. The maximum absolute atomic E-state index is 6.40. The van der Waals surface area contributed by atoms with E-state index in [1.165, 1.54) is 0 Å². The van der Waals surface area contributed by atoms with E-state index >= 15 is 0 Å². The van der Waals surface area contributed by atoms with Gasteiger partial charge >= 0.3 is 5.91 Å². The highest BCUT2D eigenvalue weighted by molar-refractivity contribution is 4.94. The maximum atomic E-state index is 6.40. The topological polar surface area (TPSA) is 79.5 Å². The van der Waals surface area contributed by atoms with E-state index in [2.05, 4.69) is 15.3 Å². The van der Waals surface area contributed by atoms with Gasteiger partial charge < -0.3 is 0 Å². The molecule has 0 aliphatic heterocycles. The van der Waals surface area contributed by atoms with Crippen LogP contribution in [0.1, 0.15) is 0 Å². The predicted octanol–water partition coefficient (Wildman–Crippen LogP) is -0.101. The van der Waals surface area contributed by atoms with Gasteiger partial charge in [-0.25, -0.2) is 14.0 Å². The first-order valence-corrected chi connectivity index (χ1v) is 5.11. The molecule has 0 aromatic carbocycles.